The largest absolute Gasteiger partial charge is 0.493 e. The zero-order valence-electron chi connectivity index (χ0n) is 14.8. The summed E-state index contributed by atoms with van der Waals surface area (Å²) in [6.45, 7) is 9.95. The zero-order valence-corrected chi connectivity index (χ0v) is 14.8. The molecule has 2 nitrogen and oxygen atoms in total. The quantitative estimate of drug-likeness (QED) is 0.786. The second-order valence-corrected chi connectivity index (χ2v) is 6.66. The van der Waals surface area contributed by atoms with Crippen LogP contribution in [0.25, 0.3) is 0 Å². The van der Waals surface area contributed by atoms with Crippen molar-refractivity contribution < 1.29 is 4.74 Å². The molecule has 0 saturated heterocycles. The van der Waals surface area contributed by atoms with E-state index in [1.165, 1.54) is 22.3 Å². The molecule has 0 bridgehead atoms. The van der Waals surface area contributed by atoms with Gasteiger partial charge in [-0.3, -0.25) is 0 Å². The Morgan fingerprint density at radius 2 is 1.61 bits per heavy atom. The number of aryl methyl sites for hydroxylation is 2. The van der Waals surface area contributed by atoms with E-state index in [-0.39, 0.29) is 0 Å². The van der Waals surface area contributed by atoms with Gasteiger partial charge < -0.3 is 10.5 Å². The summed E-state index contributed by atoms with van der Waals surface area (Å²) >= 11 is 0. The molecule has 2 N–H and O–H groups in total. The first-order valence-corrected chi connectivity index (χ1v) is 8.51. The summed E-state index contributed by atoms with van der Waals surface area (Å²) in [5, 5.41) is 0. The number of ether oxygens (including phenoxy) is 1. The molecule has 0 radical (unpaired) electrons. The van der Waals surface area contributed by atoms with Crippen LogP contribution in [0.3, 0.4) is 0 Å². The molecule has 23 heavy (non-hydrogen) atoms. The Hall–Kier alpha value is -1.80. The fourth-order valence-corrected chi connectivity index (χ4v) is 2.75. The molecular weight excluding hydrogens is 282 g/mol. The number of hydrogen-bond donors (Lipinski definition) is 1. The van der Waals surface area contributed by atoms with E-state index in [1.807, 2.05) is 0 Å². The van der Waals surface area contributed by atoms with E-state index in [2.05, 4.69) is 70.2 Å². The predicted molar refractivity (Wildman–Crippen MR) is 98.4 cm³/mol. The number of rotatable bonds is 7. The molecule has 0 aliphatic carbocycles. The van der Waals surface area contributed by atoms with E-state index in [1.54, 1.807) is 0 Å². The first-order chi connectivity index (χ1) is 11.0. The van der Waals surface area contributed by atoms with E-state index in [0.29, 0.717) is 25.0 Å². The van der Waals surface area contributed by atoms with Gasteiger partial charge in [-0.1, -0.05) is 50.2 Å². The van der Waals surface area contributed by atoms with E-state index in [9.17, 15) is 0 Å². The van der Waals surface area contributed by atoms with Crippen LogP contribution in [0.4, 0.5) is 0 Å². The minimum absolute atomic E-state index is 0.348. The van der Waals surface area contributed by atoms with Crippen LogP contribution in [0.5, 0.6) is 5.75 Å². The van der Waals surface area contributed by atoms with Crippen molar-refractivity contribution in [2.45, 2.75) is 46.0 Å². The van der Waals surface area contributed by atoms with Gasteiger partial charge in [0.25, 0.3) is 0 Å². The third kappa shape index (κ3) is 4.84. The molecule has 2 aromatic rings. The maximum absolute atomic E-state index is 5.98. The minimum Gasteiger partial charge on any atom is -0.493 e. The monoisotopic (exact) mass is 311 g/mol. The Morgan fingerprint density at radius 1 is 0.957 bits per heavy atom. The number of nitrogens with two attached hydrogens (primary N) is 1. The van der Waals surface area contributed by atoms with Crippen LogP contribution in [-0.2, 0) is 0 Å². The summed E-state index contributed by atoms with van der Waals surface area (Å²) in [6, 6.07) is 15.2. The van der Waals surface area contributed by atoms with Crippen molar-refractivity contribution >= 4 is 0 Å². The molecule has 1 atom stereocenters. The summed E-state index contributed by atoms with van der Waals surface area (Å²) in [6.07, 6.45) is 0.935. The van der Waals surface area contributed by atoms with E-state index >= 15 is 0 Å². The van der Waals surface area contributed by atoms with E-state index in [4.69, 9.17) is 10.5 Å². The van der Waals surface area contributed by atoms with E-state index in [0.717, 1.165) is 12.2 Å². The molecule has 0 aromatic heterocycles. The average Bonchev–Trinajstić information content (AvgIpc) is 2.55. The lowest BCUT2D eigenvalue weighted by molar-refractivity contribution is 0.296. The van der Waals surface area contributed by atoms with Crippen molar-refractivity contribution in [2.75, 3.05) is 13.2 Å². The standard InChI is InChI=1S/C21H29NO/c1-15(2)18-7-9-19(10-8-18)20(14-22)11-12-23-21-13-16(3)5-6-17(21)4/h5-10,13,15,20H,11-12,14,22H2,1-4H3. The molecule has 0 fully saturated rings. The van der Waals surface area contributed by atoms with Gasteiger partial charge in [0.05, 0.1) is 6.61 Å². The van der Waals surface area contributed by atoms with Crippen molar-refractivity contribution in [3.05, 3.63) is 64.7 Å². The van der Waals surface area contributed by atoms with Gasteiger partial charge in [-0.25, -0.2) is 0 Å². The lowest BCUT2D eigenvalue weighted by atomic mass is 9.93. The van der Waals surface area contributed by atoms with Crippen molar-refractivity contribution in [3.63, 3.8) is 0 Å². The van der Waals surface area contributed by atoms with Gasteiger partial charge >= 0.3 is 0 Å². The van der Waals surface area contributed by atoms with Crippen LogP contribution in [0.1, 0.15) is 54.4 Å². The maximum atomic E-state index is 5.98. The SMILES string of the molecule is Cc1ccc(C)c(OCCC(CN)c2ccc(C(C)C)cc2)c1. The average molecular weight is 311 g/mol. The lowest BCUT2D eigenvalue weighted by Crippen LogP contribution is -2.16. The molecule has 124 valence electrons. The third-order valence-electron chi connectivity index (χ3n) is 4.43. The second-order valence-electron chi connectivity index (χ2n) is 6.66. The van der Waals surface area contributed by atoms with Crippen molar-refractivity contribution in [1.82, 2.24) is 0 Å². The van der Waals surface area contributed by atoms with Gasteiger partial charge in [-0.2, -0.15) is 0 Å². The molecule has 1 unspecified atom stereocenters. The van der Waals surface area contributed by atoms with Crippen LogP contribution in [0.15, 0.2) is 42.5 Å². The smallest absolute Gasteiger partial charge is 0.122 e. The Morgan fingerprint density at radius 3 is 2.22 bits per heavy atom. The van der Waals surface area contributed by atoms with Gasteiger partial charge in [0.15, 0.2) is 0 Å². The summed E-state index contributed by atoms with van der Waals surface area (Å²) in [7, 11) is 0. The maximum Gasteiger partial charge on any atom is 0.122 e. The normalized spacial score (nSPS) is 12.4. The molecule has 0 spiro atoms. The highest BCUT2D eigenvalue weighted by atomic mass is 16.5. The summed E-state index contributed by atoms with van der Waals surface area (Å²) in [4.78, 5) is 0. The number of hydrogen-bond acceptors (Lipinski definition) is 2. The van der Waals surface area contributed by atoms with Crippen LogP contribution in [0, 0.1) is 13.8 Å². The molecule has 0 amide bonds. The fraction of sp³-hybridized carbons (Fsp3) is 0.429. The molecule has 2 rings (SSSR count). The van der Waals surface area contributed by atoms with E-state index < -0.39 is 0 Å². The molecule has 0 aliphatic heterocycles. The van der Waals surface area contributed by atoms with Crippen molar-refractivity contribution in [1.29, 1.82) is 0 Å². The van der Waals surface area contributed by atoms with Crippen molar-refractivity contribution in [3.8, 4) is 5.75 Å². The second kappa shape index (κ2) is 8.16. The fourth-order valence-electron chi connectivity index (χ4n) is 2.75. The summed E-state index contributed by atoms with van der Waals surface area (Å²) in [5.74, 6) is 1.89. The van der Waals surface area contributed by atoms with Crippen LogP contribution in [0.2, 0.25) is 0 Å². The highest BCUT2D eigenvalue weighted by Crippen LogP contribution is 2.24. The molecule has 0 saturated carbocycles. The van der Waals surface area contributed by atoms with Gasteiger partial charge in [0.2, 0.25) is 0 Å². The summed E-state index contributed by atoms with van der Waals surface area (Å²) < 4.78 is 5.98. The molecule has 2 aromatic carbocycles. The molecular formula is C21H29NO. The highest BCUT2D eigenvalue weighted by Gasteiger charge is 2.11. The van der Waals surface area contributed by atoms with Gasteiger partial charge in [-0.15, -0.1) is 0 Å². The predicted octanol–water partition coefficient (Wildman–Crippen LogP) is 4.94. The van der Waals surface area contributed by atoms with Crippen LogP contribution in [-0.4, -0.2) is 13.2 Å². The Bertz CT molecular complexity index is 616. The zero-order chi connectivity index (χ0) is 16.8. The number of benzene rings is 2. The Labute approximate surface area is 140 Å². The molecule has 2 heteroatoms. The van der Waals surface area contributed by atoms with Gasteiger partial charge in [0, 0.05) is 0 Å². The first kappa shape index (κ1) is 17.6. The molecule has 0 aliphatic rings. The summed E-state index contributed by atoms with van der Waals surface area (Å²) in [5.41, 5.74) is 11.1. The van der Waals surface area contributed by atoms with Crippen LogP contribution < -0.4 is 10.5 Å². The van der Waals surface area contributed by atoms with Crippen LogP contribution >= 0.6 is 0 Å². The Kier molecular flexibility index (Phi) is 6.23. The first-order valence-electron chi connectivity index (χ1n) is 8.51. The van der Waals surface area contributed by atoms with Crippen molar-refractivity contribution in [2.24, 2.45) is 5.73 Å². The topological polar surface area (TPSA) is 35.2 Å². The highest BCUT2D eigenvalue weighted by molar-refractivity contribution is 5.36. The lowest BCUT2D eigenvalue weighted by Gasteiger charge is -2.17. The van der Waals surface area contributed by atoms with Gasteiger partial charge in [0.1, 0.15) is 5.75 Å². The minimum atomic E-state index is 0.348. The van der Waals surface area contributed by atoms with Gasteiger partial charge in [-0.05, 0) is 67.0 Å². The third-order valence-corrected chi connectivity index (χ3v) is 4.43. The Balaban J connectivity index is 1.95. The molecule has 0 heterocycles.